The predicted octanol–water partition coefficient (Wildman–Crippen LogP) is 4.48. The number of esters is 1. The minimum absolute atomic E-state index is 0.154. The van der Waals surface area contributed by atoms with Gasteiger partial charge in [0.1, 0.15) is 30.3 Å². The highest BCUT2D eigenvalue weighted by Gasteiger charge is 2.31. The van der Waals surface area contributed by atoms with E-state index in [1.165, 1.54) is 0 Å². The van der Waals surface area contributed by atoms with Gasteiger partial charge in [0, 0.05) is 18.2 Å². The van der Waals surface area contributed by atoms with Crippen LogP contribution in [0.15, 0.2) is 36.4 Å². The van der Waals surface area contributed by atoms with Gasteiger partial charge in [-0.15, -0.1) is 0 Å². The fraction of sp³-hybridized carbons (Fsp3) is 0.316. The number of carbonyl (C=O) groups is 1. The van der Waals surface area contributed by atoms with Gasteiger partial charge in [0.2, 0.25) is 0 Å². The molecule has 0 bridgehead atoms. The third-order valence-corrected chi connectivity index (χ3v) is 5.34. The van der Waals surface area contributed by atoms with Crippen LogP contribution >= 0.6 is 11.6 Å². The average molecular weight is 527 g/mol. The van der Waals surface area contributed by atoms with Crippen molar-refractivity contribution in [3.05, 3.63) is 62.7 Å². The lowest BCUT2D eigenvalue weighted by Crippen LogP contribution is -2.32. The van der Waals surface area contributed by atoms with Crippen LogP contribution in [0.3, 0.4) is 0 Å². The summed E-state index contributed by atoms with van der Waals surface area (Å²) in [4.78, 5) is 22.7. The van der Waals surface area contributed by atoms with Crippen molar-refractivity contribution >= 4 is 33.6 Å². The number of hydrogen-bond donors (Lipinski definition) is 1. The number of nitro groups is 1. The standard InChI is InChI=1S/C19H18ClF3N2O8S/c1-11(2)24-34(29,30)32-8-7-31-18(26)14-10-13(4-5-16(14)25(27)28)33-17-6-3-12(9-15(17)20)19(21,22)23/h3-6,9-11,24H,7-8H2,1-2H3. The number of ether oxygens (including phenoxy) is 2. The second kappa shape index (κ2) is 11.0. The van der Waals surface area contributed by atoms with Crippen molar-refractivity contribution in [3.8, 4) is 11.5 Å². The molecule has 0 aromatic heterocycles. The summed E-state index contributed by atoms with van der Waals surface area (Å²) in [6.45, 7) is 2.02. The van der Waals surface area contributed by atoms with E-state index < -0.39 is 63.4 Å². The number of benzene rings is 2. The molecule has 2 aromatic carbocycles. The lowest BCUT2D eigenvalue weighted by atomic mass is 10.1. The highest BCUT2D eigenvalue weighted by molar-refractivity contribution is 7.84. The van der Waals surface area contributed by atoms with E-state index in [1.807, 2.05) is 0 Å². The molecule has 186 valence electrons. The molecule has 0 heterocycles. The van der Waals surface area contributed by atoms with Crippen LogP contribution in [0.2, 0.25) is 5.02 Å². The van der Waals surface area contributed by atoms with E-state index >= 15 is 0 Å². The first kappa shape index (κ1) is 27.3. The summed E-state index contributed by atoms with van der Waals surface area (Å²) in [5.74, 6) is -1.54. The van der Waals surface area contributed by atoms with Crippen LogP contribution < -0.4 is 9.46 Å². The molecule has 2 rings (SSSR count). The Morgan fingerprint density at radius 2 is 1.85 bits per heavy atom. The summed E-state index contributed by atoms with van der Waals surface area (Å²) >= 11 is 5.83. The second-order valence-electron chi connectivity index (χ2n) is 6.87. The van der Waals surface area contributed by atoms with Gasteiger partial charge in [-0.1, -0.05) is 11.6 Å². The Bertz CT molecular complexity index is 1170. The summed E-state index contributed by atoms with van der Waals surface area (Å²) in [6, 6.07) is 4.85. The van der Waals surface area contributed by atoms with Crippen LogP contribution in [0.4, 0.5) is 18.9 Å². The molecule has 0 aliphatic carbocycles. The fourth-order valence-corrected chi connectivity index (χ4v) is 3.62. The number of nitro benzene ring substituents is 1. The highest BCUT2D eigenvalue weighted by Crippen LogP contribution is 2.37. The normalized spacial score (nSPS) is 12.0. The van der Waals surface area contributed by atoms with Gasteiger partial charge in [0.25, 0.3) is 5.69 Å². The van der Waals surface area contributed by atoms with Gasteiger partial charge in [0.15, 0.2) is 0 Å². The molecule has 0 unspecified atom stereocenters. The van der Waals surface area contributed by atoms with E-state index in [2.05, 4.69) is 8.91 Å². The third-order valence-electron chi connectivity index (χ3n) is 3.81. The van der Waals surface area contributed by atoms with Gasteiger partial charge in [-0.25, -0.2) is 4.79 Å². The van der Waals surface area contributed by atoms with E-state index in [-0.39, 0.29) is 16.5 Å². The van der Waals surface area contributed by atoms with Gasteiger partial charge in [-0.3, -0.25) is 14.3 Å². The zero-order valence-electron chi connectivity index (χ0n) is 17.6. The van der Waals surface area contributed by atoms with Gasteiger partial charge >= 0.3 is 22.4 Å². The maximum Gasteiger partial charge on any atom is 0.416 e. The lowest BCUT2D eigenvalue weighted by Gasteiger charge is -2.12. The van der Waals surface area contributed by atoms with Gasteiger partial charge in [-0.2, -0.15) is 26.3 Å². The lowest BCUT2D eigenvalue weighted by molar-refractivity contribution is -0.385. The molecule has 0 amide bonds. The van der Waals surface area contributed by atoms with Crippen LogP contribution in [0.1, 0.15) is 29.8 Å². The van der Waals surface area contributed by atoms with E-state index in [4.69, 9.17) is 21.1 Å². The highest BCUT2D eigenvalue weighted by atomic mass is 35.5. The average Bonchev–Trinajstić information content (AvgIpc) is 2.70. The number of nitrogens with zero attached hydrogens (tertiary/aromatic N) is 1. The quantitative estimate of drug-likeness (QED) is 0.207. The third kappa shape index (κ3) is 7.83. The zero-order valence-corrected chi connectivity index (χ0v) is 19.2. The van der Waals surface area contributed by atoms with Crippen molar-refractivity contribution in [2.45, 2.75) is 26.1 Å². The molecular formula is C19H18ClF3N2O8S. The van der Waals surface area contributed by atoms with E-state index in [0.29, 0.717) is 6.07 Å². The molecule has 0 aliphatic rings. The Morgan fingerprint density at radius 3 is 2.41 bits per heavy atom. The number of hydrogen-bond acceptors (Lipinski definition) is 8. The molecule has 0 saturated heterocycles. The molecule has 0 radical (unpaired) electrons. The Balaban J connectivity index is 2.15. The molecule has 2 aromatic rings. The maximum absolute atomic E-state index is 12.8. The molecule has 0 atom stereocenters. The molecule has 1 N–H and O–H groups in total. The largest absolute Gasteiger partial charge is 0.459 e. The maximum atomic E-state index is 12.8. The van der Waals surface area contributed by atoms with Crippen LogP contribution in [0, 0.1) is 10.1 Å². The van der Waals surface area contributed by atoms with E-state index in [0.717, 1.165) is 30.3 Å². The van der Waals surface area contributed by atoms with Crippen molar-refractivity contribution in [2.75, 3.05) is 13.2 Å². The minimum atomic E-state index is -4.62. The van der Waals surface area contributed by atoms with Crippen LogP contribution in [0.25, 0.3) is 0 Å². The van der Waals surface area contributed by atoms with Crippen molar-refractivity contribution in [3.63, 3.8) is 0 Å². The van der Waals surface area contributed by atoms with Crippen LogP contribution in [0.5, 0.6) is 11.5 Å². The van der Waals surface area contributed by atoms with Crippen molar-refractivity contribution in [2.24, 2.45) is 0 Å². The van der Waals surface area contributed by atoms with E-state index in [9.17, 15) is 36.5 Å². The van der Waals surface area contributed by atoms with Crippen molar-refractivity contribution < 1.29 is 45.0 Å². The number of halogens is 4. The van der Waals surface area contributed by atoms with Crippen molar-refractivity contribution in [1.29, 1.82) is 0 Å². The number of rotatable bonds is 10. The van der Waals surface area contributed by atoms with Crippen molar-refractivity contribution in [1.82, 2.24) is 4.72 Å². The number of carbonyl (C=O) groups excluding carboxylic acids is 1. The second-order valence-corrected chi connectivity index (χ2v) is 8.65. The number of nitrogens with one attached hydrogen (secondary N) is 1. The Labute approximate surface area is 197 Å². The monoisotopic (exact) mass is 526 g/mol. The van der Waals surface area contributed by atoms with Gasteiger partial charge in [-0.05, 0) is 38.1 Å². The Hall–Kier alpha value is -2.94. The summed E-state index contributed by atoms with van der Waals surface area (Å²) in [7, 11) is -4.08. The van der Waals surface area contributed by atoms with E-state index in [1.54, 1.807) is 13.8 Å². The first-order chi connectivity index (χ1) is 15.7. The molecular weight excluding hydrogens is 509 g/mol. The topological polar surface area (TPSA) is 134 Å². The summed E-state index contributed by atoms with van der Waals surface area (Å²) in [5, 5.41) is 10.9. The zero-order chi connectivity index (χ0) is 25.7. The van der Waals surface area contributed by atoms with Gasteiger partial charge in [0.05, 0.1) is 15.5 Å². The smallest absolute Gasteiger partial charge is 0.416 e. The molecule has 15 heteroatoms. The van der Waals surface area contributed by atoms with Gasteiger partial charge < -0.3 is 9.47 Å². The first-order valence-electron chi connectivity index (χ1n) is 9.36. The molecule has 0 fully saturated rings. The summed E-state index contributed by atoms with van der Waals surface area (Å²) in [6.07, 6.45) is -4.62. The Kier molecular flexibility index (Phi) is 8.83. The number of alkyl halides is 3. The first-order valence-corrected chi connectivity index (χ1v) is 11.1. The molecule has 0 saturated carbocycles. The SMILES string of the molecule is CC(C)NS(=O)(=O)OCCOC(=O)c1cc(Oc2ccc(C(F)(F)F)cc2Cl)ccc1[N+](=O)[O-]. The minimum Gasteiger partial charge on any atom is -0.459 e. The molecule has 0 aliphatic heterocycles. The summed E-state index contributed by atoms with van der Waals surface area (Å²) in [5.41, 5.74) is -2.20. The predicted molar refractivity (Wildman–Crippen MR) is 113 cm³/mol. The van der Waals surface area contributed by atoms with Crippen LogP contribution in [-0.4, -0.2) is 38.6 Å². The molecule has 34 heavy (non-hydrogen) atoms. The fourth-order valence-electron chi connectivity index (χ4n) is 2.47. The van der Waals surface area contributed by atoms with Crippen LogP contribution in [-0.2, 0) is 25.4 Å². The Morgan fingerprint density at radius 1 is 1.18 bits per heavy atom. The summed E-state index contributed by atoms with van der Waals surface area (Å²) < 4.78 is 78.4. The molecule has 10 nitrogen and oxygen atoms in total. The molecule has 0 spiro atoms.